The summed E-state index contributed by atoms with van der Waals surface area (Å²) in [7, 11) is 1.16. The number of hydrogen-bond acceptors (Lipinski definition) is 4. The molecule has 0 fully saturated rings. The minimum absolute atomic E-state index is 0.00777. The molecule has 1 N–H and O–H groups in total. The Morgan fingerprint density at radius 2 is 2.11 bits per heavy atom. The normalized spacial score (nSPS) is 11.2. The quantitative estimate of drug-likeness (QED) is 0.663. The van der Waals surface area contributed by atoms with E-state index in [1.807, 2.05) is 6.92 Å². The second kappa shape index (κ2) is 6.40. The Bertz CT molecular complexity index is 447. The first kappa shape index (κ1) is 15.3. The highest BCUT2D eigenvalue weighted by Crippen LogP contribution is 2.29. The van der Waals surface area contributed by atoms with E-state index in [2.05, 4.69) is 15.0 Å². The minimum atomic E-state index is -4.55. The number of hydrogen-bond donors (Lipinski definition) is 1. The number of alkyl halides is 3. The molecule has 0 aliphatic carbocycles. The summed E-state index contributed by atoms with van der Waals surface area (Å²) in [6, 6.07) is 1.83. The zero-order valence-corrected chi connectivity index (χ0v) is 10.7. The summed E-state index contributed by atoms with van der Waals surface area (Å²) in [5.74, 6) is -0.824. The third-order valence-corrected chi connectivity index (χ3v) is 2.41. The summed E-state index contributed by atoms with van der Waals surface area (Å²) in [6.45, 7) is 2.39. The van der Waals surface area contributed by atoms with Crippen LogP contribution in [-0.4, -0.2) is 24.6 Å². The molecule has 0 saturated heterocycles. The van der Waals surface area contributed by atoms with E-state index in [9.17, 15) is 18.0 Å². The Balaban J connectivity index is 3.07. The highest BCUT2D eigenvalue weighted by molar-refractivity contribution is 5.94. The lowest BCUT2D eigenvalue weighted by Gasteiger charge is -2.12. The van der Waals surface area contributed by atoms with Crippen LogP contribution in [0.2, 0.25) is 0 Å². The molecule has 0 atom stereocenters. The minimum Gasteiger partial charge on any atom is -0.465 e. The molecule has 4 nitrogen and oxygen atoms in total. The molecule has 0 aromatic carbocycles. The Hall–Kier alpha value is -1.79. The van der Waals surface area contributed by atoms with Gasteiger partial charge in [-0.3, -0.25) is 0 Å². The number of unbranched alkanes of at least 4 members (excludes halogenated alkanes) is 1. The van der Waals surface area contributed by atoms with Crippen LogP contribution in [0.25, 0.3) is 0 Å². The second-order valence-corrected chi connectivity index (χ2v) is 3.86. The predicted molar refractivity (Wildman–Crippen MR) is 64.0 cm³/mol. The molecule has 1 aromatic rings. The van der Waals surface area contributed by atoms with E-state index in [4.69, 9.17) is 0 Å². The first-order valence-electron chi connectivity index (χ1n) is 5.80. The largest absolute Gasteiger partial charge is 0.465 e. The first-order chi connectivity index (χ1) is 8.90. The van der Waals surface area contributed by atoms with Crippen LogP contribution in [0.1, 0.15) is 35.8 Å². The van der Waals surface area contributed by atoms with E-state index in [1.165, 1.54) is 0 Å². The number of nitrogens with zero attached hydrogens (tertiary/aromatic N) is 1. The van der Waals surface area contributed by atoms with Gasteiger partial charge in [-0.05, 0) is 18.6 Å². The lowest BCUT2D eigenvalue weighted by atomic mass is 10.2. The van der Waals surface area contributed by atoms with Gasteiger partial charge in [-0.25, -0.2) is 9.78 Å². The van der Waals surface area contributed by atoms with Gasteiger partial charge in [-0.15, -0.1) is 0 Å². The van der Waals surface area contributed by atoms with Crippen LogP contribution in [0.15, 0.2) is 12.1 Å². The maximum Gasteiger partial charge on any atom is 0.433 e. The van der Waals surface area contributed by atoms with Crippen LogP contribution in [-0.2, 0) is 10.9 Å². The maximum absolute atomic E-state index is 12.6. The lowest BCUT2D eigenvalue weighted by molar-refractivity contribution is -0.141. The van der Waals surface area contributed by atoms with Crippen molar-refractivity contribution in [2.24, 2.45) is 0 Å². The number of halogens is 3. The van der Waals surface area contributed by atoms with Gasteiger partial charge in [0.1, 0.15) is 17.1 Å². The zero-order valence-electron chi connectivity index (χ0n) is 10.7. The molecule has 19 heavy (non-hydrogen) atoms. The fourth-order valence-corrected chi connectivity index (χ4v) is 1.41. The third kappa shape index (κ3) is 4.11. The van der Waals surface area contributed by atoms with Crippen molar-refractivity contribution in [3.8, 4) is 0 Å². The average Bonchev–Trinajstić information content (AvgIpc) is 2.37. The molecular weight excluding hydrogens is 261 g/mol. The van der Waals surface area contributed by atoms with Crippen LogP contribution < -0.4 is 5.32 Å². The van der Waals surface area contributed by atoms with Gasteiger partial charge < -0.3 is 10.1 Å². The van der Waals surface area contributed by atoms with Gasteiger partial charge in [0.15, 0.2) is 0 Å². The molecule has 106 valence electrons. The van der Waals surface area contributed by atoms with Crippen molar-refractivity contribution in [1.82, 2.24) is 4.98 Å². The highest BCUT2D eigenvalue weighted by atomic mass is 19.4. The number of ether oxygens (including phenoxy) is 1. The molecule has 0 unspecified atom stereocenters. The number of methoxy groups -OCH3 is 1. The number of esters is 1. The van der Waals surface area contributed by atoms with E-state index in [1.54, 1.807) is 0 Å². The number of rotatable bonds is 5. The number of anilines is 1. The van der Waals surface area contributed by atoms with E-state index >= 15 is 0 Å². The van der Waals surface area contributed by atoms with Gasteiger partial charge in [0.25, 0.3) is 0 Å². The SMILES string of the molecule is CCCCNc1nc(C(F)(F)F)ccc1C(=O)OC. The molecule has 0 saturated carbocycles. The summed E-state index contributed by atoms with van der Waals surface area (Å²) in [5.41, 5.74) is -1.05. The Morgan fingerprint density at radius 3 is 2.63 bits per heavy atom. The molecule has 0 radical (unpaired) electrons. The Labute approximate surface area is 109 Å². The summed E-state index contributed by atoms with van der Waals surface area (Å²) in [6.07, 6.45) is -2.91. The van der Waals surface area contributed by atoms with Gasteiger partial charge in [-0.1, -0.05) is 13.3 Å². The van der Waals surface area contributed by atoms with E-state index in [0.717, 1.165) is 32.1 Å². The molecule has 7 heteroatoms. The molecule has 0 amide bonds. The van der Waals surface area contributed by atoms with Crippen molar-refractivity contribution in [2.75, 3.05) is 19.0 Å². The lowest BCUT2D eigenvalue weighted by Crippen LogP contribution is -2.15. The molecule has 0 aliphatic rings. The van der Waals surface area contributed by atoms with Crippen molar-refractivity contribution in [3.63, 3.8) is 0 Å². The second-order valence-electron chi connectivity index (χ2n) is 3.86. The summed E-state index contributed by atoms with van der Waals surface area (Å²) >= 11 is 0. The Kier molecular flexibility index (Phi) is 5.14. The van der Waals surface area contributed by atoms with Gasteiger partial charge in [0, 0.05) is 6.54 Å². The number of aromatic nitrogens is 1. The fourth-order valence-electron chi connectivity index (χ4n) is 1.41. The number of carbonyl (C=O) groups excluding carboxylic acids is 1. The number of nitrogens with one attached hydrogen (secondary N) is 1. The molecule has 0 spiro atoms. The van der Waals surface area contributed by atoms with Crippen LogP contribution in [0, 0.1) is 0 Å². The van der Waals surface area contributed by atoms with Crippen molar-refractivity contribution in [3.05, 3.63) is 23.4 Å². The van der Waals surface area contributed by atoms with Crippen LogP contribution in [0.3, 0.4) is 0 Å². The summed E-state index contributed by atoms with van der Waals surface area (Å²) < 4.78 is 42.2. The third-order valence-electron chi connectivity index (χ3n) is 2.41. The molecule has 0 bridgehead atoms. The van der Waals surface area contributed by atoms with E-state index in [-0.39, 0.29) is 11.4 Å². The topological polar surface area (TPSA) is 51.2 Å². The molecule has 0 aliphatic heterocycles. The van der Waals surface area contributed by atoms with Crippen LogP contribution in [0.5, 0.6) is 0 Å². The van der Waals surface area contributed by atoms with E-state index in [0.29, 0.717) is 6.54 Å². The van der Waals surface area contributed by atoms with E-state index < -0.39 is 17.8 Å². The van der Waals surface area contributed by atoms with Crippen LogP contribution >= 0.6 is 0 Å². The zero-order chi connectivity index (χ0) is 14.5. The fraction of sp³-hybridized carbons (Fsp3) is 0.500. The van der Waals surface area contributed by atoms with Crippen molar-refractivity contribution >= 4 is 11.8 Å². The average molecular weight is 276 g/mol. The predicted octanol–water partition coefficient (Wildman–Crippen LogP) is 3.10. The van der Waals surface area contributed by atoms with Crippen molar-refractivity contribution in [2.45, 2.75) is 25.9 Å². The first-order valence-corrected chi connectivity index (χ1v) is 5.80. The smallest absolute Gasteiger partial charge is 0.433 e. The van der Waals surface area contributed by atoms with Gasteiger partial charge >= 0.3 is 12.1 Å². The molecule has 1 heterocycles. The van der Waals surface area contributed by atoms with Crippen molar-refractivity contribution < 1.29 is 22.7 Å². The molecule has 1 aromatic heterocycles. The number of carbonyl (C=O) groups is 1. The Morgan fingerprint density at radius 1 is 1.42 bits per heavy atom. The monoisotopic (exact) mass is 276 g/mol. The van der Waals surface area contributed by atoms with Crippen molar-refractivity contribution in [1.29, 1.82) is 0 Å². The maximum atomic E-state index is 12.6. The number of pyridine rings is 1. The van der Waals surface area contributed by atoms with Gasteiger partial charge in [0.05, 0.1) is 7.11 Å². The standard InChI is InChI=1S/C12H15F3N2O2/c1-3-4-7-16-10-8(11(18)19-2)5-6-9(17-10)12(13,14)15/h5-6H,3-4,7H2,1-2H3,(H,16,17). The van der Waals surface area contributed by atoms with Crippen LogP contribution in [0.4, 0.5) is 19.0 Å². The summed E-state index contributed by atoms with van der Waals surface area (Å²) in [5, 5.41) is 2.73. The van der Waals surface area contributed by atoms with Gasteiger partial charge in [-0.2, -0.15) is 13.2 Å². The summed E-state index contributed by atoms with van der Waals surface area (Å²) in [4.78, 5) is 14.9. The molecule has 1 rings (SSSR count). The highest BCUT2D eigenvalue weighted by Gasteiger charge is 2.33. The van der Waals surface area contributed by atoms with Gasteiger partial charge in [0.2, 0.25) is 0 Å². The molecular formula is C12H15F3N2O2.